The summed E-state index contributed by atoms with van der Waals surface area (Å²) in [5.74, 6) is 3.80. The lowest BCUT2D eigenvalue weighted by Crippen LogP contribution is -2.42. The molecule has 1 aliphatic rings. The predicted molar refractivity (Wildman–Crippen MR) is 119 cm³/mol. The van der Waals surface area contributed by atoms with Crippen molar-refractivity contribution in [2.75, 3.05) is 31.7 Å². The van der Waals surface area contributed by atoms with Gasteiger partial charge in [0.2, 0.25) is 0 Å². The van der Waals surface area contributed by atoms with Crippen molar-refractivity contribution >= 4 is 41.7 Å². The molecular weight excluding hydrogens is 461 g/mol. The van der Waals surface area contributed by atoms with Gasteiger partial charge in [-0.15, -0.1) is 24.0 Å². The standard InChI is InChI=1S/C19H25N3O2S.HI/c1-25-14-11-21-19(20-10-8-15-5-4-12-23-15)22-17-9-13-24-18-7-3-2-6-16(17)18;/h2-7,12,17H,8-11,13-14H2,1H3,(H2,20,21,22);1H. The highest BCUT2D eigenvalue weighted by atomic mass is 127. The van der Waals surface area contributed by atoms with E-state index in [0.29, 0.717) is 0 Å². The topological polar surface area (TPSA) is 58.8 Å². The van der Waals surface area contributed by atoms with Gasteiger partial charge in [0.15, 0.2) is 5.96 Å². The summed E-state index contributed by atoms with van der Waals surface area (Å²) in [6, 6.07) is 12.3. The molecule has 1 aromatic heterocycles. The number of hydrogen-bond donors (Lipinski definition) is 2. The molecule has 0 amide bonds. The van der Waals surface area contributed by atoms with Crippen molar-refractivity contribution in [1.82, 2.24) is 10.6 Å². The van der Waals surface area contributed by atoms with Crippen molar-refractivity contribution in [3.8, 4) is 5.75 Å². The van der Waals surface area contributed by atoms with E-state index >= 15 is 0 Å². The molecule has 3 rings (SSSR count). The molecule has 5 nitrogen and oxygen atoms in total. The molecule has 0 radical (unpaired) electrons. The number of para-hydroxylation sites is 1. The minimum Gasteiger partial charge on any atom is -0.493 e. The van der Waals surface area contributed by atoms with Gasteiger partial charge in [-0.1, -0.05) is 18.2 Å². The molecule has 2 heterocycles. The minimum atomic E-state index is 0. The normalized spacial score (nSPS) is 16.2. The number of nitrogens with zero attached hydrogens (tertiary/aromatic N) is 1. The van der Waals surface area contributed by atoms with Crippen LogP contribution in [-0.4, -0.2) is 37.7 Å². The first-order valence-electron chi connectivity index (χ1n) is 8.64. The number of rotatable bonds is 7. The molecule has 26 heavy (non-hydrogen) atoms. The number of thioether (sulfide) groups is 1. The van der Waals surface area contributed by atoms with Crippen LogP contribution in [0.3, 0.4) is 0 Å². The number of ether oxygens (including phenoxy) is 1. The van der Waals surface area contributed by atoms with Gasteiger partial charge in [-0.05, 0) is 24.5 Å². The highest BCUT2D eigenvalue weighted by Gasteiger charge is 2.21. The summed E-state index contributed by atoms with van der Waals surface area (Å²) < 4.78 is 11.1. The van der Waals surface area contributed by atoms with E-state index in [1.807, 2.05) is 24.3 Å². The van der Waals surface area contributed by atoms with Gasteiger partial charge in [-0.2, -0.15) is 11.8 Å². The fourth-order valence-corrected chi connectivity index (χ4v) is 3.09. The van der Waals surface area contributed by atoms with E-state index in [9.17, 15) is 0 Å². The first-order valence-corrected chi connectivity index (χ1v) is 10.0. The molecule has 0 saturated heterocycles. The minimum absolute atomic E-state index is 0. The molecule has 2 aromatic rings. The van der Waals surface area contributed by atoms with E-state index < -0.39 is 0 Å². The summed E-state index contributed by atoms with van der Waals surface area (Å²) in [6.45, 7) is 2.30. The fraction of sp³-hybridized carbons (Fsp3) is 0.421. The number of furan rings is 1. The van der Waals surface area contributed by atoms with Crippen LogP contribution in [0.25, 0.3) is 0 Å². The molecule has 7 heteroatoms. The molecule has 1 atom stereocenters. The number of aliphatic imine (C=N–C) groups is 1. The number of guanidine groups is 1. The number of halogens is 1. The molecule has 0 saturated carbocycles. The van der Waals surface area contributed by atoms with E-state index in [0.717, 1.165) is 55.8 Å². The molecule has 2 N–H and O–H groups in total. The summed E-state index contributed by atoms with van der Waals surface area (Å²) >= 11 is 1.80. The van der Waals surface area contributed by atoms with Crippen molar-refractivity contribution in [2.45, 2.75) is 18.9 Å². The first-order chi connectivity index (χ1) is 12.4. The number of fused-ring (bicyclic) bond motifs is 1. The average Bonchev–Trinajstić information content (AvgIpc) is 3.15. The van der Waals surface area contributed by atoms with Gasteiger partial charge in [-0.3, -0.25) is 4.99 Å². The quantitative estimate of drug-likeness (QED) is 0.269. The van der Waals surface area contributed by atoms with Gasteiger partial charge in [0, 0.05) is 30.7 Å². The van der Waals surface area contributed by atoms with Crippen LogP contribution in [0.5, 0.6) is 5.75 Å². The first kappa shape index (κ1) is 21.0. The van der Waals surface area contributed by atoms with Crippen LogP contribution in [0.1, 0.15) is 23.8 Å². The van der Waals surface area contributed by atoms with Crippen LogP contribution >= 0.6 is 35.7 Å². The van der Waals surface area contributed by atoms with Gasteiger partial charge < -0.3 is 19.8 Å². The second-order valence-corrected chi connectivity index (χ2v) is 6.84. The summed E-state index contributed by atoms with van der Waals surface area (Å²) in [5, 5.41) is 6.99. The Morgan fingerprint density at radius 3 is 2.96 bits per heavy atom. The van der Waals surface area contributed by atoms with Gasteiger partial charge >= 0.3 is 0 Å². The molecule has 0 fully saturated rings. The molecule has 0 aliphatic carbocycles. The summed E-state index contributed by atoms with van der Waals surface area (Å²) in [6.07, 6.45) is 5.57. The maximum Gasteiger partial charge on any atom is 0.191 e. The van der Waals surface area contributed by atoms with Crippen LogP contribution in [0.4, 0.5) is 0 Å². The van der Waals surface area contributed by atoms with E-state index in [2.05, 4.69) is 29.0 Å². The average molecular weight is 487 g/mol. The Labute approximate surface area is 176 Å². The molecule has 142 valence electrons. The molecule has 1 aliphatic heterocycles. The van der Waals surface area contributed by atoms with Crippen LogP contribution in [0.2, 0.25) is 0 Å². The highest BCUT2D eigenvalue weighted by molar-refractivity contribution is 14.0. The fourth-order valence-electron chi connectivity index (χ4n) is 2.82. The van der Waals surface area contributed by atoms with Gasteiger partial charge in [0.1, 0.15) is 11.5 Å². The van der Waals surface area contributed by atoms with Crippen molar-refractivity contribution in [3.05, 3.63) is 54.0 Å². The lowest BCUT2D eigenvalue weighted by atomic mass is 10.0. The molecule has 0 bridgehead atoms. The highest BCUT2D eigenvalue weighted by Crippen LogP contribution is 2.31. The number of benzene rings is 1. The lowest BCUT2D eigenvalue weighted by molar-refractivity contribution is 0.261. The molecule has 1 aromatic carbocycles. The summed E-state index contributed by atoms with van der Waals surface area (Å²) in [4.78, 5) is 4.70. The van der Waals surface area contributed by atoms with Crippen LogP contribution in [0.15, 0.2) is 52.1 Å². The van der Waals surface area contributed by atoms with E-state index in [1.54, 1.807) is 18.0 Å². The van der Waals surface area contributed by atoms with Crippen molar-refractivity contribution < 1.29 is 9.15 Å². The molecular formula is C19H26IN3O2S. The Kier molecular flexibility index (Phi) is 9.17. The third kappa shape index (κ3) is 6.12. The van der Waals surface area contributed by atoms with Crippen molar-refractivity contribution in [2.24, 2.45) is 4.99 Å². The van der Waals surface area contributed by atoms with E-state index in [1.165, 1.54) is 5.56 Å². The predicted octanol–water partition coefficient (Wildman–Crippen LogP) is 3.86. The van der Waals surface area contributed by atoms with Crippen molar-refractivity contribution in [3.63, 3.8) is 0 Å². The SMILES string of the molecule is CSCCN=C(NCCc1ccco1)NC1CCOc2ccccc21.I. The summed E-state index contributed by atoms with van der Waals surface area (Å²) in [5.41, 5.74) is 1.19. The maximum absolute atomic E-state index is 5.75. The number of hydrogen-bond acceptors (Lipinski definition) is 4. The third-order valence-electron chi connectivity index (χ3n) is 4.08. The Hall–Kier alpha value is -1.35. The number of nitrogens with one attached hydrogen (secondary N) is 2. The van der Waals surface area contributed by atoms with E-state index in [4.69, 9.17) is 14.1 Å². The Morgan fingerprint density at radius 2 is 2.15 bits per heavy atom. The zero-order valence-corrected chi connectivity index (χ0v) is 18.1. The zero-order valence-electron chi connectivity index (χ0n) is 14.9. The zero-order chi connectivity index (χ0) is 17.3. The van der Waals surface area contributed by atoms with Gasteiger partial charge in [-0.25, -0.2) is 0 Å². The van der Waals surface area contributed by atoms with Gasteiger partial charge in [0.25, 0.3) is 0 Å². The van der Waals surface area contributed by atoms with Crippen LogP contribution < -0.4 is 15.4 Å². The Bertz CT molecular complexity index is 679. The Morgan fingerprint density at radius 1 is 1.27 bits per heavy atom. The van der Waals surface area contributed by atoms with Gasteiger partial charge in [0.05, 0.1) is 25.5 Å². The second-order valence-electron chi connectivity index (χ2n) is 5.85. The van der Waals surface area contributed by atoms with Crippen LogP contribution in [0, 0.1) is 0 Å². The Balaban J connectivity index is 0.00000243. The summed E-state index contributed by atoms with van der Waals surface area (Å²) in [7, 11) is 0. The maximum atomic E-state index is 5.75. The third-order valence-corrected chi connectivity index (χ3v) is 4.67. The van der Waals surface area contributed by atoms with Crippen molar-refractivity contribution in [1.29, 1.82) is 0 Å². The largest absolute Gasteiger partial charge is 0.493 e. The van der Waals surface area contributed by atoms with E-state index in [-0.39, 0.29) is 30.0 Å². The molecule has 1 unspecified atom stereocenters. The lowest BCUT2D eigenvalue weighted by Gasteiger charge is -2.28. The molecule has 0 spiro atoms. The monoisotopic (exact) mass is 487 g/mol. The van der Waals surface area contributed by atoms with Crippen LogP contribution in [-0.2, 0) is 6.42 Å². The second kappa shape index (κ2) is 11.4. The smallest absolute Gasteiger partial charge is 0.191 e.